The molecular weight excluding hydrogens is 217 g/mol. The molecule has 2 heterocycles. The minimum absolute atomic E-state index is 0. The summed E-state index contributed by atoms with van der Waals surface area (Å²) in [5.74, 6) is -0.945. The fourth-order valence-electron chi connectivity index (χ4n) is 1.01. The van der Waals surface area contributed by atoms with E-state index < -0.39 is 5.97 Å². The molecule has 0 aliphatic carbocycles. The van der Waals surface area contributed by atoms with Crippen molar-refractivity contribution < 1.29 is 9.90 Å². The SMILES string of the molecule is O=C(O)c1cc2nccc(Cl)c2s1.[Li]. The molecule has 0 aliphatic heterocycles. The van der Waals surface area contributed by atoms with Crippen LogP contribution >= 0.6 is 22.9 Å². The number of aromatic nitrogens is 1. The van der Waals surface area contributed by atoms with Gasteiger partial charge in [0.2, 0.25) is 0 Å². The minimum atomic E-state index is -0.945. The molecule has 6 heteroatoms. The van der Waals surface area contributed by atoms with E-state index in [4.69, 9.17) is 16.7 Å². The van der Waals surface area contributed by atoms with E-state index in [1.165, 1.54) is 6.07 Å². The first-order valence-electron chi connectivity index (χ1n) is 3.46. The average molecular weight is 221 g/mol. The Hall–Kier alpha value is -0.533. The fourth-order valence-corrected chi connectivity index (χ4v) is 2.14. The fraction of sp³-hybridized carbons (Fsp3) is 0. The molecule has 0 atom stereocenters. The monoisotopic (exact) mass is 220 g/mol. The molecule has 0 fully saturated rings. The molecule has 0 unspecified atom stereocenters. The Morgan fingerprint density at radius 1 is 1.57 bits per heavy atom. The third-order valence-corrected chi connectivity index (χ3v) is 3.15. The van der Waals surface area contributed by atoms with Crippen LogP contribution in [0.25, 0.3) is 10.2 Å². The van der Waals surface area contributed by atoms with Crippen molar-refractivity contribution in [3.8, 4) is 0 Å². The molecule has 0 aliphatic rings. The Kier molecular flexibility index (Phi) is 3.57. The van der Waals surface area contributed by atoms with Crippen molar-refractivity contribution in [2.24, 2.45) is 0 Å². The zero-order chi connectivity index (χ0) is 9.42. The van der Waals surface area contributed by atoms with Crippen LogP contribution in [-0.2, 0) is 0 Å². The van der Waals surface area contributed by atoms with E-state index >= 15 is 0 Å². The predicted octanol–water partition coefficient (Wildman–Crippen LogP) is 2.27. The minimum Gasteiger partial charge on any atom is -0.477 e. The molecule has 2 aromatic heterocycles. The summed E-state index contributed by atoms with van der Waals surface area (Å²) in [7, 11) is 0. The number of fused-ring (bicyclic) bond motifs is 1. The van der Waals surface area contributed by atoms with E-state index in [1.807, 2.05) is 0 Å². The van der Waals surface area contributed by atoms with Gasteiger partial charge in [-0.3, -0.25) is 4.98 Å². The molecule has 0 amide bonds. The number of carboxylic acids is 1. The van der Waals surface area contributed by atoms with Crippen LogP contribution in [-0.4, -0.2) is 34.9 Å². The molecule has 1 radical (unpaired) electrons. The smallest absolute Gasteiger partial charge is 0.345 e. The van der Waals surface area contributed by atoms with Gasteiger partial charge >= 0.3 is 5.97 Å². The molecule has 2 aromatic rings. The maximum atomic E-state index is 10.6. The van der Waals surface area contributed by atoms with E-state index in [-0.39, 0.29) is 23.7 Å². The second-order valence-electron chi connectivity index (χ2n) is 2.42. The van der Waals surface area contributed by atoms with Gasteiger partial charge in [-0.15, -0.1) is 11.3 Å². The molecule has 0 bridgehead atoms. The Morgan fingerprint density at radius 3 is 2.86 bits per heavy atom. The van der Waals surface area contributed by atoms with Gasteiger partial charge in [0.15, 0.2) is 0 Å². The van der Waals surface area contributed by atoms with Gasteiger partial charge < -0.3 is 5.11 Å². The summed E-state index contributed by atoms with van der Waals surface area (Å²) < 4.78 is 0.724. The van der Waals surface area contributed by atoms with Crippen LogP contribution in [0.4, 0.5) is 0 Å². The molecule has 67 valence electrons. The van der Waals surface area contributed by atoms with Crippen LogP contribution in [0.3, 0.4) is 0 Å². The van der Waals surface area contributed by atoms with Crippen molar-refractivity contribution in [2.75, 3.05) is 0 Å². The van der Waals surface area contributed by atoms with Crippen LogP contribution in [0.5, 0.6) is 0 Å². The van der Waals surface area contributed by atoms with Gasteiger partial charge in [-0.05, 0) is 12.1 Å². The second-order valence-corrected chi connectivity index (χ2v) is 3.88. The Morgan fingerprint density at radius 2 is 2.29 bits per heavy atom. The van der Waals surface area contributed by atoms with E-state index in [0.717, 1.165) is 16.0 Å². The molecule has 3 nitrogen and oxygen atoms in total. The molecule has 14 heavy (non-hydrogen) atoms. The maximum absolute atomic E-state index is 10.6. The number of halogens is 1. The zero-order valence-electron chi connectivity index (χ0n) is 7.32. The normalized spacial score (nSPS) is 9.79. The maximum Gasteiger partial charge on any atom is 0.345 e. The van der Waals surface area contributed by atoms with Gasteiger partial charge in [0, 0.05) is 25.1 Å². The third-order valence-electron chi connectivity index (χ3n) is 1.57. The van der Waals surface area contributed by atoms with Crippen molar-refractivity contribution >= 4 is 58.0 Å². The number of nitrogens with zero attached hydrogens (tertiary/aromatic N) is 1. The first kappa shape index (κ1) is 11.5. The summed E-state index contributed by atoms with van der Waals surface area (Å²) in [6.07, 6.45) is 1.56. The van der Waals surface area contributed by atoms with E-state index in [0.29, 0.717) is 10.5 Å². The number of carbonyl (C=O) groups is 1. The Labute approximate surface area is 101 Å². The largest absolute Gasteiger partial charge is 0.477 e. The van der Waals surface area contributed by atoms with E-state index in [2.05, 4.69) is 4.98 Å². The number of hydrogen-bond donors (Lipinski definition) is 1. The van der Waals surface area contributed by atoms with Crippen LogP contribution in [0, 0.1) is 0 Å². The summed E-state index contributed by atoms with van der Waals surface area (Å²) >= 11 is 6.99. The van der Waals surface area contributed by atoms with Gasteiger partial charge in [0.25, 0.3) is 0 Å². The zero-order valence-corrected chi connectivity index (χ0v) is 8.89. The molecule has 0 saturated heterocycles. The van der Waals surface area contributed by atoms with Crippen molar-refractivity contribution in [3.63, 3.8) is 0 Å². The van der Waals surface area contributed by atoms with Crippen LogP contribution in [0.15, 0.2) is 18.3 Å². The van der Waals surface area contributed by atoms with Gasteiger partial charge in [-0.1, -0.05) is 11.6 Å². The molecule has 0 spiro atoms. The average Bonchev–Trinajstić information content (AvgIpc) is 2.49. The molecule has 0 saturated carbocycles. The van der Waals surface area contributed by atoms with Crippen molar-refractivity contribution in [1.82, 2.24) is 4.98 Å². The summed E-state index contributed by atoms with van der Waals surface area (Å²) in [5, 5.41) is 9.26. The molecule has 1 N–H and O–H groups in total. The van der Waals surface area contributed by atoms with Crippen molar-refractivity contribution in [3.05, 3.63) is 28.2 Å². The van der Waals surface area contributed by atoms with Crippen LogP contribution in [0.2, 0.25) is 5.02 Å². The first-order chi connectivity index (χ1) is 6.18. The summed E-state index contributed by atoms with van der Waals surface area (Å²) in [5.41, 5.74) is 0.634. The summed E-state index contributed by atoms with van der Waals surface area (Å²) in [4.78, 5) is 14.9. The number of thiophene rings is 1. The van der Waals surface area contributed by atoms with Crippen molar-refractivity contribution in [2.45, 2.75) is 0 Å². The number of pyridine rings is 1. The van der Waals surface area contributed by atoms with Gasteiger partial charge in [-0.25, -0.2) is 4.79 Å². The number of hydrogen-bond acceptors (Lipinski definition) is 3. The summed E-state index contributed by atoms with van der Waals surface area (Å²) in [6.45, 7) is 0. The van der Waals surface area contributed by atoms with Gasteiger partial charge in [-0.2, -0.15) is 0 Å². The molecule has 0 aromatic carbocycles. The second kappa shape index (κ2) is 4.33. The van der Waals surface area contributed by atoms with E-state index in [1.54, 1.807) is 12.3 Å². The topological polar surface area (TPSA) is 50.2 Å². The Bertz CT molecular complexity index is 485. The summed E-state index contributed by atoms with van der Waals surface area (Å²) in [6, 6.07) is 3.17. The van der Waals surface area contributed by atoms with Crippen molar-refractivity contribution in [1.29, 1.82) is 0 Å². The third kappa shape index (κ3) is 1.94. The van der Waals surface area contributed by atoms with Gasteiger partial charge in [0.05, 0.1) is 15.2 Å². The number of rotatable bonds is 1. The predicted molar refractivity (Wildman–Crippen MR) is 57.3 cm³/mol. The number of aromatic carboxylic acids is 1. The van der Waals surface area contributed by atoms with Crippen LogP contribution < -0.4 is 0 Å². The quantitative estimate of drug-likeness (QED) is 0.750. The molecule has 2 rings (SSSR count). The van der Waals surface area contributed by atoms with Crippen LogP contribution in [0.1, 0.15) is 9.67 Å². The standard InChI is InChI=1S/C8H4ClNO2S.Li/c9-4-1-2-10-5-3-6(8(11)12)13-7(4)5;/h1-3H,(H,11,12);. The number of carboxylic acid groups (broad SMARTS) is 1. The van der Waals surface area contributed by atoms with E-state index in [9.17, 15) is 4.79 Å². The Balaban J connectivity index is 0.000000980. The van der Waals surface area contributed by atoms with Gasteiger partial charge in [0.1, 0.15) is 4.88 Å². The molecular formula is C8H4ClLiNO2S. The first-order valence-corrected chi connectivity index (χ1v) is 4.65.